The van der Waals surface area contributed by atoms with Gasteiger partial charge in [-0.3, -0.25) is 9.10 Å². The van der Waals surface area contributed by atoms with E-state index in [9.17, 15) is 13.2 Å². The molecule has 0 fully saturated rings. The van der Waals surface area contributed by atoms with Gasteiger partial charge < -0.3 is 5.73 Å². The summed E-state index contributed by atoms with van der Waals surface area (Å²) in [5.41, 5.74) is 8.18. The van der Waals surface area contributed by atoms with Crippen LogP contribution in [0, 0.1) is 13.8 Å². The predicted molar refractivity (Wildman–Crippen MR) is 88.8 cm³/mol. The van der Waals surface area contributed by atoms with Crippen molar-refractivity contribution in [2.75, 3.05) is 10.8 Å². The van der Waals surface area contributed by atoms with Gasteiger partial charge in [0.05, 0.1) is 23.0 Å². The van der Waals surface area contributed by atoms with E-state index in [1.807, 2.05) is 13.0 Å². The van der Waals surface area contributed by atoms with Gasteiger partial charge in [0, 0.05) is 0 Å². The van der Waals surface area contributed by atoms with Crippen molar-refractivity contribution in [3.05, 3.63) is 59.2 Å². The maximum atomic E-state index is 13.1. The average Bonchev–Trinajstić information content (AvgIpc) is 2.90. The molecule has 2 aromatic carbocycles. The molecular weight excluding hydrogens is 312 g/mol. The standard InChI is InChI=1S/C17H18N2O3S/c1-11-7-8-12(2)16(9-11)23(21,22)19-10-14(17(18)20)13-5-3-4-6-15(13)19/h3-9,14H,10H2,1-2H3,(H2,18,20). The molecule has 0 radical (unpaired) electrons. The lowest BCUT2D eigenvalue weighted by Gasteiger charge is -2.21. The maximum Gasteiger partial charge on any atom is 0.264 e. The minimum atomic E-state index is -3.75. The van der Waals surface area contributed by atoms with Gasteiger partial charge in [0.2, 0.25) is 5.91 Å². The van der Waals surface area contributed by atoms with Crippen molar-refractivity contribution in [2.45, 2.75) is 24.7 Å². The molecule has 1 heterocycles. The molecule has 2 N–H and O–H groups in total. The monoisotopic (exact) mass is 330 g/mol. The molecular formula is C17H18N2O3S. The first kappa shape index (κ1) is 15.6. The fourth-order valence-electron chi connectivity index (χ4n) is 2.95. The van der Waals surface area contributed by atoms with Gasteiger partial charge in [0.25, 0.3) is 10.0 Å². The van der Waals surface area contributed by atoms with Gasteiger partial charge in [-0.05, 0) is 42.7 Å². The highest BCUT2D eigenvalue weighted by atomic mass is 32.2. The summed E-state index contributed by atoms with van der Waals surface area (Å²) in [5, 5.41) is 0. The second kappa shape index (κ2) is 5.38. The minimum absolute atomic E-state index is 0.0460. The predicted octanol–water partition coefficient (Wildman–Crippen LogP) is 2.08. The van der Waals surface area contributed by atoms with E-state index in [0.29, 0.717) is 16.8 Å². The molecule has 0 aliphatic carbocycles. The molecule has 6 heteroatoms. The molecule has 3 rings (SSSR count). The molecule has 1 aliphatic rings. The molecule has 1 atom stereocenters. The first-order valence-electron chi connectivity index (χ1n) is 7.30. The minimum Gasteiger partial charge on any atom is -0.369 e. The Balaban J connectivity index is 2.15. The lowest BCUT2D eigenvalue weighted by molar-refractivity contribution is -0.119. The first-order chi connectivity index (χ1) is 10.8. The topological polar surface area (TPSA) is 80.5 Å². The number of carbonyl (C=O) groups is 1. The molecule has 120 valence electrons. The van der Waals surface area contributed by atoms with Gasteiger partial charge in [-0.2, -0.15) is 0 Å². The lowest BCUT2D eigenvalue weighted by Crippen LogP contribution is -2.33. The summed E-state index contributed by atoms with van der Waals surface area (Å²) in [4.78, 5) is 12.0. The zero-order valence-corrected chi connectivity index (χ0v) is 13.8. The number of aryl methyl sites for hydroxylation is 2. The van der Waals surface area contributed by atoms with Crippen LogP contribution < -0.4 is 10.0 Å². The molecule has 2 aromatic rings. The van der Waals surface area contributed by atoms with Gasteiger partial charge in [-0.15, -0.1) is 0 Å². The summed E-state index contributed by atoms with van der Waals surface area (Å²) in [6.45, 7) is 3.66. The summed E-state index contributed by atoms with van der Waals surface area (Å²) in [6.07, 6.45) is 0. The van der Waals surface area contributed by atoms with E-state index in [0.717, 1.165) is 5.56 Å². The molecule has 1 aliphatic heterocycles. The van der Waals surface area contributed by atoms with Gasteiger partial charge in [-0.25, -0.2) is 8.42 Å². The molecule has 0 bridgehead atoms. The Bertz CT molecular complexity index is 890. The Morgan fingerprint density at radius 2 is 1.87 bits per heavy atom. The number of nitrogens with two attached hydrogens (primary N) is 1. The van der Waals surface area contributed by atoms with Crippen LogP contribution >= 0.6 is 0 Å². The highest BCUT2D eigenvalue weighted by molar-refractivity contribution is 7.93. The number of primary amides is 1. The summed E-state index contributed by atoms with van der Waals surface area (Å²) < 4.78 is 27.5. The van der Waals surface area contributed by atoms with Crippen LogP contribution in [0.15, 0.2) is 47.4 Å². The summed E-state index contributed by atoms with van der Waals surface area (Å²) in [7, 11) is -3.75. The number of carbonyl (C=O) groups excluding carboxylic acids is 1. The van der Waals surface area contributed by atoms with Crippen molar-refractivity contribution in [2.24, 2.45) is 5.73 Å². The largest absolute Gasteiger partial charge is 0.369 e. The van der Waals surface area contributed by atoms with Crippen molar-refractivity contribution in [1.82, 2.24) is 0 Å². The van der Waals surface area contributed by atoms with Crippen LogP contribution in [0.25, 0.3) is 0 Å². The molecule has 0 spiro atoms. The Kier molecular flexibility index (Phi) is 3.64. The normalized spacial score (nSPS) is 17.1. The number of sulfonamides is 1. The van der Waals surface area contributed by atoms with E-state index < -0.39 is 21.8 Å². The Hall–Kier alpha value is -2.34. The first-order valence-corrected chi connectivity index (χ1v) is 8.74. The smallest absolute Gasteiger partial charge is 0.264 e. The summed E-state index contributed by atoms with van der Waals surface area (Å²) in [5.74, 6) is -1.14. The highest BCUT2D eigenvalue weighted by Gasteiger charge is 2.39. The number of hydrogen-bond donors (Lipinski definition) is 1. The number of benzene rings is 2. The van der Waals surface area contributed by atoms with Crippen LogP contribution in [0.1, 0.15) is 22.6 Å². The SMILES string of the molecule is Cc1ccc(C)c(S(=O)(=O)N2CC(C(N)=O)c3ccccc32)c1. The molecule has 23 heavy (non-hydrogen) atoms. The molecule has 1 unspecified atom stereocenters. The fraction of sp³-hybridized carbons (Fsp3) is 0.235. The number of fused-ring (bicyclic) bond motifs is 1. The van der Waals surface area contributed by atoms with Crippen molar-refractivity contribution >= 4 is 21.6 Å². The van der Waals surface area contributed by atoms with E-state index in [2.05, 4.69) is 0 Å². The Labute approximate surface area is 135 Å². The average molecular weight is 330 g/mol. The van der Waals surface area contributed by atoms with Crippen LogP contribution in [0.5, 0.6) is 0 Å². The van der Waals surface area contributed by atoms with Crippen LogP contribution in [-0.2, 0) is 14.8 Å². The Morgan fingerprint density at radius 3 is 2.57 bits per heavy atom. The fourth-order valence-corrected chi connectivity index (χ4v) is 4.76. The Morgan fingerprint density at radius 1 is 1.17 bits per heavy atom. The third-order valence-electron chi connectivity index (χ3n) is 4.18. The van der Waals surface area contributed by atoms with Crippen molar-refractivity contribution < 1.29 is 13.2 Å². The third-order valence-corrected chi connectivity index (χ3v) is 6.11. The number of rotatable bonds is 3. The number of hydrogen-bond acceptors (Lipinski definition) is 3. The van der Waals surface area contributed by atoms with Gasteiger partial charge in [-0.1, -0.05) is 30.3 Å². The quantitative estimate of drug-likeness (QED) is 0.935. The molecule has 5 nitrogen and oxygen atoms in total. The third kappa shape index (κ3) is 2.49. The van der Waals surface area contributed by atoms with E-state index >= 15 is 0 Å². The van der Waals surface area contributed by atoms with Crippen LogP contribution in [-0.4, -0.2) is 20.9 Å². The maximum absolute atomic E-state index is 13.1. The van der Waals surface area contributed by atoms with Gasteiger partial charge in [0.15, 0.2) is 0 Å². The lowest BCUT2D eigenvalue weighted by atomic mass is 10.0. The zero-order chi connectivity index (χ0) is 16.8. The number of amides is 1. The number of nitrogens with zero attached hydrogens (tertiary/aromatic N) is 1. The second-order valence-electron chi connectivity index (χ2n) is 5.82. The van der Waals surface area contributed by atoms with E-state index in [4.69, 9.17) is 5.73 Å². The molecule has 0 aromatic heterocycles. The van der Waals surface area contributed by atoms with Gasteiger partial charge >= 0.3 is 0 Å². The van der Waals surface area contributed by atoms with Crippen LogP contribution in [0.4, 0.5) is 5.69 Å². The van der Waals surface area contributed by atoms with Crippen LogP contribution in [0.2, 0.25) is 0 Å². The molecule has 0 saturated heterocycles. The highest BCUT2D eigenvalue weighted by Crippen LogP contribution is 2.39. The van der Waals surface area contributed by atoms with E-state index in [1.165, 1.54) is 4.31 Å². The van der Waals surface area contributed by atoms with Crippen molar-refractivity contribution in [3.63, 3.8) is 0 Å². The van der Waals surface area contributed by atoms with Crippen molar-refractivity contribution in [3.8, 4) is 0 Å². The summed E-state index contributed by atoms with van der Waals surface area (Å²) in [6, 6.07) is 12.3. The number of para-hydroxylation sites is 1. The number of anilines is 1. The van der Waals surface area contributed by atoms with Crippen LogP contribution in [0.3, 0.4) is 0 Å². The summed E-state index contributed by atoms with van der Waals surface area (Å²) >= 11 is 0. The van der Waals surface area contributed by atoms with E-state index in [-0.39, 0.29) is 11.4 Å². The molecule has 0 saturated carbocycles. The van der Waals surface area contributed by atoms with Crippen molar-refractivity contribution in [1.29, 1.82) is 0 Å². The second-order valence-corrected chi connectivity index (χ2v) is 7.65. The molecule has 1 amide bonds. The van der Waals surface area contributed by atoms with Gasteiger partial charge in [0.1, 0.15) is 0 Å². The van der Waals surface area contributed by atoms with E-state index in [1.54, 1.807) is 43.3 Å². The zero-order valence-electron chi connectivity index (χ0n) is 13.0.